The highest BCUT2D eigenvalue weighted by atomic mass is 127. The molecule has 18 heavy (non-hydrogen) atoms. The van der Waals surface area contributed by atoms with Crippen molar-refractivity contribution in [2.45, 2.75) is 44.9 Å². The molecule has 0 aliphatic heterocycles. The molecular formula is C15H22BrIO. The van der Waals surface area contributed by atoms with Crippen molar-refractivity contribution in [3.8, 4) is 5.75 Å². The minimum absolute atomic E-state index is 0.849. The van der Waals surface area contributed by atoms with Crippen LogP contribution in [0.2, 0.25) is 0 Å². The van der Waals surface area contributed by atoms with E-state index in [4.69, 9.17) is 4.74 Å². The van der Waals surface area contributed by atoms with Gasteiger partial charge in [-0.2, -0.15) is 0 Å². The third kappa shape index (κ3) is 8.35. The second-order valence-electron chi connectivity index (χ2n) is 4.47. The summed E-state index contributed by atoms with van der Waals surface area (Å²) in [6.07, 6.45) is 9.24. The van der Waals surface area contributed by atoms with Crippen LogP contribution in [0.5, 0.6) is 5.75 Å². The van der Waals surface area contributed by atoms with Gasteiger partial charge in [0.1, 0.15) is 5.75 Å². The molecule has 0 bridgehead atoms. The fraction of sp³-hybridized carbons (Fsp3) is 0.600. The maximum atomic E-state index is 5.72. The molecule has 0 aliphatic rings. The third-order valence-electron chi connectivity index (χ3n) is 2.84. The molecule has 1 rings (SSSR count). The van der Waals surface area contributed by atoms with E-state index in [1.54, 1.807) is 0 Å². The molecule has 0 fully saturated rings. The van der Waals surface area contributed by atoms with Crippen LogP contribution in [0.15, 0.2) is 24.3 Å². The molecule has 102 valence electrons. The largest absolute Gasteiger partial charge is 0.494 e. The number of hydrogen-bond donors (Lipinski definition) is 0. The van der Waals surface area contributed by atoms with Crippen LogP contribution < -0.4 is 4.74 Å². The summed E-state index contributed by atoms with van der Waals surface area (Å²) in [4.78, 5) is 0. The highest BCUT2D eigenvalue weighted by Crippen LogP contribution is 2.15. The van der Waals surface area contributed by atoms with Crippen molar-refractivity contribution >= 4 is 38.5 Å². The van der Waals surface area contributed by atoms with Gasteiger partial charge in [0.2, 0.25) is 0 Å². The number of unbranched alkanes of at least 4 members (excludes halogenated alkanes) is 6. The predicted molar refractivity (Wildman–Crippen MR) is 90.8 cm³/mol. The Balaban J connectivity index is 1.92. The molecule has 1 nitrogen and oxygen atoms in total. The van der Waals surface area contributed by atoms with Crippen LogP contribution in [-0.2, 0) is 0 Å². The summed E-state index contributed by atoms with van der Waals surface area (Å²) < 4.78 is 6.95. The number of rotatable bonds is 10. The second-order valence-corrected chi connectivity index (χ2v) is 6.51. The molecule has 1 aromatic carbocycles. The SMILES string of the molecule is BrCCCCCCCCCOc1cccc(I)c1. The molecule has 0 aromatic heterocycles. The Kier molecular flexibility index (Phi) is 10.0. The lowest BCUT2D eigenvalue weighted by Crippen LogP contribution is -1.97. The minimum atomic E-state index is 0.849. The van der Waals surface area contributed by atoms with Gasteiger partial charge in [0, 0.05) is 8.90 Å². The average Bonchev–Trinajstić information content (AvgIpc) is 2.37. The molecular weight excluding hydrogens is 403 g/mol. The van der Waals surface area contributed by atoms with Crippen molar-refractivity contribution in [2.24, 2.45) is 0 Å². The number of alkyl halides is 1. The summed E-state index contributed by atoms with van der Waals surface area (Å²) in [5, 5.41) is 1.15. The van der Waals surface area contributed by atoms with Crippen molar-refractivity contribution in [3.63, 3.8) is 0 Å². The zero-order chi connectivity index (χ0) is 13.1. The van der Waals surface area contributed by atoms with E-state index >= 15 is 0 Å². The number of hydrogen-bond acceptors (Lipinski definition) is 1. The molecule has 3 heteroatoms. The van der Waals surface area contributed by atoms with Crippen LogP contribution in [0.3, 0.4) is 0 Å². The van der Waals surface area contributed by atoms with E-state index in [-0.39, 0.29) is 0 Å². The smallest absolute Gasteiger partial charge is 0.120 e. The van der Waals surface area contributed by atoms with Crippen LogP contribution in [0.25, 0.3) is 0 Å². The van der Waals surface area contributed by atoms with Crippen molar-refractivity contribution in [2.75, 3.05) is 11.9 Å². The van der Waals surface area contributed by atoms with Crippen molar-refractivity contribution in [1.29, 1.82) is 0 Å². The zero-order valence-corrected chi connectivity index (χ0v) is 14.6. The van der Waals surface area contributed by atoms with E-state index in [2.05, 4.69) is 50.7 Å². The summed E-state index contributed by atoms with van der Waals surface area (Å²) >= 11 is 5.78. The fourth-order valence-electron chi connectivity index (χ4n) is 1.83. The van der Waals surface area contributed by atoms with Gasteiger partial charge < -0.3 is 4.74 Å². The van der Waals surface area contributed by atoms with Gasteiger partial charge in [0.05, 0.1) is 6.61 Å². The van der Waals surface area contributed by atoms with Crippen LogP contribution in [0, 0.1) is 3.57 Å². The number of benzene rings is 1. The van der Waals surface area contributed by atoms with Crippen LogP contribution in [-0.4, -0.2) is 11.9 Å². The average molecular weight is 425 g/mol. The molecule has 0 saturated heterocycles. The molecule has 0 amide bonds. The maximum absolute atomic E-state index is 5.72. The summed E-state index contributed by atoms with van der Waals surface area (Å²) in [7, 11) is 0. The Labute approximate surface area is 133 Å². The monoisotopic (exact) mass is 424 g/mol. The first kappa shape index (κ1) is 16.3. The molecule has 0 atom stereocenters. The van der Waals surface area contributed by atoms with Gasteiger partial charge in [-0.05, 0) is 53.6 Å². The van der Waals surface area contributed by atoms with Crippen molar-refractivity contribution in [3.05, 3.63) is 27.8 Å². The van der Waals surface area contributed by atoms with E-state index in [9.17, 15) is 0 Å². The molecule has 0 unspecified atom stereocenters. The standard InChI is InChI=1S/C15H22BrIO/c16-11-6-4-2-1-3-5-7-12-18-15-10-8-9-14(17)13-15/h8-10,13H,1-7,11-12H2. The lowest BCUT2D eigenvalue weighted by atomic mass is 10.1. The van der Waals surface area contributed by atoms with Gasteiger partial charge in [-0.1, -0.05) is 54.1 Å². The topological polar surface area (TPSA) is 9.23 Å². The van der Waals surface area contributed by atoms with Gasteiger partial charge >= 0.3 is 0 Å². The third-order valence-corrected chi connectivity index (χ3v) is 4.07. The van der Waals surface area contributed by atoms with E-state index in [1.807, 2.05) is 12.1 Å². The first-order valence-electron chi connectivity index (χ1n) is 6.77. The Hall–Kier alpha value is 0.230. The van der Waals surface area contributed by atoms with Crippen LogP contribution >= 0.6 is 38.5 Å². The second kappa shape index (κ2) is 11.1. The first-order valence-corrected chi connectivity index (χ1v) is 8.97. The lowest BCUT2D eigenvalue weighted by Gasteiger charge is -2.06. The lowest BCUT2D eigenvalue weighted by molar-refractivity contribution is 0.304. The highest BCUT2D eigenvalue weighted by molar-refractivity contribution is 14.1. The van der Waals surface area contributed by atoms with Gasteiger partial charge in [0.25, 0.3) is 0 Å². The molecule has 0 radical (unpaired) electrons. The van der Waals surface area contributed by atoms with Gasteiger partial charge in [-0.25, -0.2) is 0 Å². The molecule has 0 N–H and O–H groups in total. The highest BCUT2D eigenvalue weighted by Gasteiger charge is 1.95. The van der Waals surface area contributed by atoms with E-state index in [0.717, 1.165) is 17.7 Å². The van der Waals surface area contributed by atoms with Crippen LogP contribution in [0.4, 0.5) is 0 Å². The normalized spacial score (nSPS) is 10.6. The Morgan fingerprint density at radius 2 is 1.61 bits per heavy atom. The summed E-state index contributed by atoms with van der Waals surface area (Å²) in [6, 6.07) is 8.24. The number of ether oxygens (including phenoxy) is 1. The van der Waals surface area contributed by atoms with E-state index in [0.29, 0.717) is 0 Å². The summed E-state index contributed by atoms with van der Waals surface area (Å²) in [5.74, 6) is 0.999. The maximum Gasteiger partial charge on any atom is 0.120 e. The quantitative estimate of drug-likeness (QED) is 0.262. The minimum Gasteiger partial charge on any atom is -0.494 e. The summed E-state index contributed by atoms with van der Waals surface area (Å²) in [6.45, 7) is 0.849. The Bertz CT molecular complexity index is 317. The summed E-state index contributed by atoms with van der Waals surface area (Å²) in [5.41, 5.74) is 0. The van der Waals surface area contributed by atoms with Gasteiger partial charge in [0.15, 0.2) is 0 Å². The molecule has 1 aromatic rings. The number of halogens is 2. The van der Waals surface area contributed by atoms with E-state index < -0.39 is 0 Å². The fourth-order valence-corrected chi connectivity index (χ4v) is 2.74. The van der Waals surface area contributed by atoms with Gasteiger partial charge in [-0.15, -0.1) is 0 Å². The predicted octanol–water partition coefficient (Wildman–Crippen LogP) is 5.80. The van der Waals surface area contributed by atoms with E-state index in [1.165, 1.54) is 48.5 Å². The van der Waals surface area contributed by atoms with Crippen LogP contribution in [0.1, 0.15) is 44.9 Å². The molecule has 0 saturated carbocycles. The molecule has 0 spiro atoms. The Morgan fingerprint density at radius 3 is 2.28 bits per heavy atom. The molecule has 0 aliphatic carbocycles. The molecule has 0 heterocycles. The van der Waals surface area contributed by atoms with Gasteiger partial charge in [-0.3, -0.25) is 0 Å². The zero-order valence-electron chi connectivity index (χ0n) is 10.8. The van der Waals surface area contributed by atoms with Crippen molar-refractivity contribution < 1.29 is 4.74 Å². The van der Waals surface area contributed by atoms with Crippen molar-refractivity contribution in [1.82, 2.24) is 0 Å². The Morgan fingerprint density at radius 1 is 0.944 bits per heavy atom. The first-order chi connectivity index (χ1) is 8.83.